The van der Waals surface area contributed by atoms with E-state index in [2.05, 4.69) is 15.6 Å². The molecule has 0 spiro atoms. The Morgan fingerprint density at radius 3 is 2.70 bits per heavy atom. The molecule has 2 aliphatic rings. The molecule has 1 amide bonds. The summed E-state index contributed by atoms with van der Waals surface area (Å²) in [6.45, 7) is 0.929. The first kappa shape index (κ1) is 20.7. The lowest BCUT2D eigenvalue weighted by molar-refractivity contribution is -0.220. The highest BCUT2D eigenvalue weighted by molar-refractivity contribution is 6.02. The molecule has 3 N–H and O–H groups in total. The zero-order valence-electron chi connectivity index (χ0n) is 16.5. The van der Waals surface area contributed by atoms with Crippen molar-refractivity contribution in [1.29, 1.82) is 0 Å². The molecule has 0 radical (unpaired) electrons. The second-order valence-corrected chi connectivity index (χ2v) is 7.95. The van der Waals surface area contributed by atoms with E-state index in [9.17, 15) is 22.8 Å². The number of benzene rings is 1. The molecule has 9 heteroatoms. The van der Waals surface area contributed by atoms with Crippen LogP contribution >= 0.6 is 0 Å². The number of ether oxygens (including phenoxy) is 1. The van der Waals surface area contributed by atoms with Crippen molar-refractivity contribution in [3.05, 3.63) is 35.0 Å². The third-order valence-electron chi connectivity index (χ3n) is 5.96. The number of halogens is 3. The van der Waals surface area contributed by atoms with Crippen molar-refractivity contribution in [1.82, 2.24) is 15.6 Å². The van der Waals surface area contributed by atoms with Gasteiger partial charge < -0.3 is 15.0 Å². The largest absolute Gasteiger partial charge is 0.490 e. The van der Waals surface area contributed by atoms with Gasteiger partial charge in [-0.3, -0.25) is 10.1 Å². The molecule has 2 heterocycles. The van der Waals surface area contributed by atoms with Crippen LogP contribution in [0, 0.1) is 0 Å². The fraction of sp³-hybridized carbons (Fsp3) is 0.524. The van der Waals surface area contributed by atoms with Gasteiger partial charge in [-0.05, 0) is 48.9 Å². The first-order valence-corrected chi connectivity index (χ1v) is 10.2. The van der Waals surface area contributed by atoms with E-state index in [0.29, 0.717) is 50.8 Å². The van der Waals surface area contributed by atoms with E-state index < -0.39 is 17.9 Å². The van der Waals surface area contributed by atoms with Crippen LogP contribution in [0.25, 0.3) is 10.9 Å². The summed E-state index contributed by atoms with van der Waals surface area (Å²) in [5, 5.41) is 6.92. The summed E-state index contributed by atoms with van der Waals surface area (Å²) in [7, 11) is 0. The predicted octanol–water partition coefficient (Wildman–Crippen LogP) is 3.35. The summed E-state index contributed by atoms with van der Waals surface area (Å²) in [6.07, 6.45) is 1.14. The maximum atomic E-state index is 12.7. The quantitative estimate of drug-likeness (QED) is 0.509. The van der Waals surface area contributed by atoms with Crippen LogP contribution in [0.1, 0.15) is 53.6 Å². The number of rotatable bonds is 5. The first-order valence-electron chi connectivity index (χ1n) is 10.2. The van der Waals surface area contributed by atoms with E-state index in [1.54, 1.807) is 6.07 Å². The minimum absolute atomic E-state index is 0.0938. The Hall–Kier alpha value is -2.55. The van der Waals surface area contributed by atoms with Crippen LogP contribution in [0.5, 0.6) is 0 Å². The van der Waals surface area contributed by atoms with E-state index in [1.165, 1.54) is 0 Å². The number of nitrogens with one attached hydrogen (secondary N) is 3. The molecule has 2 aromatic rings. The fourth-order valence-electron chi connectivity index (χ4n) is 4.54. The molecule has 0 saturated heterocycles. The molecule has 4 rings (SSSR count). The third kappa shape index (κ3) is 4.03. The number of hydrogen-bond acceptors (Lipinski definition) is 4. The Kier molecular flexibility index (Phi) is 5.48. The molecular formula is C21H24F3N3O3. The Morgan fingerprint density at radius 2 is 1.97 bits per heavy atom. The van der Waals surface area contributed by atoms with Gasteiger partial charge in [0.2, 0.25) is 0 Å². The van der Waals surface area contributed by atoms with Crippen molar-refractivity contribution in [2.45, 2.75) is 56.8 Å². The Bertz CT molecular complexity index is 962. The van der Waals surface area contributed by atoms with Crippen molar-refractivity contribution in [3.8, 4) is 0 Å². The average Bonchev–Trinajstić information content (AvgIpc) is 3.12. The lowest BCUT2D eigenvalue weighted by atomic mass is 9.91. The topological polar surface area (TPSA) is 83.2 Å². The number of fused-ring (bicyclic) bond motifs is 3. The van der Waals surface area contributed by atoms with E-state index in [-0.39, 0.29) is 5.91 Å². The van der Waals surface area contributed by atoms with Crippen LogP contribution in [-0.2, 0) is 22.4 Å². The van der Waals surface area contributed by atoms with Crippen LogP contribution in [-0.4, -0.2) is 41.9 Å². The minimum Gasteiger partial charge on any atom is -0.437 e. The van der Waals surface area contributed by atoms with Gasteiger partial charge in [-0.1, -0.05) is 6.42 Å². The van der Waals surface area contributed by atoms with E-state index in [1.807, 2.05) is 12.3 Å². The number of hydrogen-bond donors (Lipinski definition) is 3. The molecule has 0 bridgehead atoms. The van der Waals surface area contributed by atoms with E-state index in [4.69, 9.17) is 4.74 Å². The van der Waals surface area contributed by atoms with Crippen LogP contribution in [0.4, 0.5) is 13.2 Å². The summed E-state index contributed by atoms with van der Waals surface area (Å²) in [5.74, 6) is -2.24. The molecule has 0 unspecified atom stereocenters. The smallest absolute Gasteiger partial charge is 0.437 e. The van der Waals surface area contributed by atoms with Crippen molar-refractivity contribution < 1.29 is 27.5 Å². The lowest BCUT2D eigenvalue weighted by Gasteiger charge is -2.37. The molecule has 1 aliphatic heterocycles. The minimum atomic E-state index is -5.01. The van der Waals surface area contributed by atoms with Gasteiger partial charge in [0.25, 0.3) is 5.91 Å². The second kappa shape index (κ2) is 7.94. The normalized spacial score (nSPS) is 18.7. The summed E-state index contributed by atoms with van der Waals surface area (Å²) < 4.78 is 43.2. The van der Waals surface area contributed by atoms with Crippen molar-refractivity contribution in [2.75, 3.05) is 13.1 Å². The molecular weight excluding hydrogens is 399 g/mol. The number of alkyl halides is 3. The summed E-state index contributed by atoms with van der Waals surface area (Å²) in [6, 6.07) is 3.67. The zero-order chi connectivity index (χ0) is 21.4. The molecule has 1 fully saturated rings. The van der Waals surface area contributed by atoms with Gasteiger partial charge in [0, 0.05) is 48.6 Å². The second-order valence-electron chi connectivity index (χ2n) is 7.95. The van der Waals surface area contributed by atoms with Crippen molar-refractivity contribution in [2.24, 2.45) is 0 Å². The third-order valence-corrected chi connectivity index (χ3v) is 5.96. The molecule has 0 atom stereocenters. The molecule has 1 aromatic carbocycles. The Labute approximate surface area is 171 Å². The molecule has 6 nitrogen and oxygen atoms in total. The fourth-order valence-corrected chi connectivity index (χ4v) is 4.54. The van der Waals surface area contributed by atoms with Crippen LogP contribution in [0.3, 0.4) is 0 Å². The number of carbonyl (C=O) groups excluding carboxylic acids is 2. The van der Waals surface area contributed by atoms with Crippen LogP contribution in [0.15, 0.2) is 18.3 Å². The molecule has 162 valence electrons. The number of carbonyl (C=O) groups is 2. The maximum absolute atomic E-state index is 12.7. The molecule has 1 saturated carbocycles. The number of esters is 1. The highest BCUT2D eigenvalue weighted by Crippen LogP contribution is 2.33. The maximum Gasteiger partial charge on any atom is 0.490 e. The van der Waals surface area contributed by atoms with E-state index >= 15 is 0 Å². The van der Waals surface area contributed by atoms with Gasteiger partial charge in [-0.15, -0.1) is 0 Å². The Balaban J connectivity index is 1.51. The zero-order valence-corrected chi connectivity index (χ0v) is 16.5. The van der Waals surface area contributed by atoms with Gasteiger partial charge in [0.05, 0.1) is 0 Å². The number of amides is 1. The molecule has 1 aliphatic carbocycles. The SMILES string of the molecule is O=C1NCCc2c1ccc1[nH]cc(CCNC3(OC(=O)C(F)(F)F)CCCCC3)c21. The number of H-pyrrole nitrogens is 1. The Morgan fingerprint density at radius 1 is 1.20 bits per heavy atom. The van der Waals surface area contributed by atoms with Crippen molar-refractivity contribution in [3.63, 3.8) is 0 Å². The van der Waals surface area contributed by atoms with Gasteiger partial charge in [-0.25, -0.2) is 4.79 Å². The van der Waals surface area contributed by atoms with Gasteiger partial charge >= 0.3 is 12.1 Å². The van der Waals surface area contributed by atoms with Crippen LogP contribution in [0.2, 0.25) is 0 Å². The van der Waals surface area contributed by atoms with Crippen molar-refractivity contribution >= 4 is 22.8 Å². The standard InChI is InChI=1S/C21H24F3N3O3/c22-21(23,24)19(29)30-20(8-2-1-3-9-20)27-11-6-13-12-26-16-5-4-15-14(17(13)16)7-10-25-18(15)28/h4-5,12,26-27H,1-3,6-11H2,(H,25,28). The van der Waals surface area contributed by atoms with Gasteiger partial charge in [0.1, 0.15) is 0 Å². The number of aromatic amines is 1. The molecule has 30 heavy (non-hydrogen) atoms. The predicted molar refractivity (Wildman–Crippen MR) is 104 cm³/mol. The summed E-state index contributed by atoms with van der Waals surface area (Å²) in [5.41, 5.74) is 2.27. The molecule has 1 aromatic heterocycles. The van der Waals surface area contributed by atoms with Crippen LogP contribution < -0.4 is 10.6 Å². The number of aromatic nitrogens is 1. The summed E-state index contributed by atoms with van der Waals surface area (Å²) in [4.78, 5) is 26.8. The van der Waals surface area contributed by atoms with E-state index in [0.717, 1.165) is 34.9 Å². The van der Waals surface area contributed by atoms with Gasteiger partial charge in [-0.2, -0.15) is 13.2 Å². The average molecular weight is 423 g/mol. The highest BCUT2D eigenvalue weighted by atomic mass is 19.4. The first-order chi connectivity index (χ1) is 14.3. The highest BCUT2D eigenvalue weighted by Gasteiger charge is 2.46. The monoisotopic (exact) mass is 423 g/mol. The van der Waals surface area contributed by atoms with Gasteiger partial charge in [0.15, 0.2) is 5.72 Å². The summed E-state index contributed by atoms with van der Waals surface area (Å²) >= 11 is 0. The lowest BCUT2D eigenvalue weighted by Crippen LogP contribution is -2.52.